The van der Waals surface area contributed by atoms with Crippen LogP contribution in [-0.2, 0) is 20.0 Å². The molecule has 0 radical (unpaired) electrons. The summed E-state index contributed by atoms with van der Waals surface area (Å²) in [6.07, 6.45) is 2.39. The zero-order chi connectivity index (χ0) is 13.2. The van der Waals surface area contributed by atoms with Crippen molar-refractivity contribution in [1.82, 2.24) is 9.78 Å². The number of aromatic nitrogens is 2. The monoisotopic (exact) mass is 256 g/mol. The maximum Gasteiger partial charge on any atom is 0.124 e. The van der Waals surface area contributed by atoms with Gasteiger partial charge in [-0.3, -0.25) is 4.68 Å². The number of hydrogen-bond acceptors (Lipinski definition) is 3. The van der Waals surface area contributed by atoms with E-state index in [1.165, 1.54) is 29.7 Å². The minimum Gasteiger partial charge on any atom is -0.385 e. The first-order valence-corrected chi connectivity index (χ1v) is 6.83. The molecule has 2 N–H and O–H groups in total. The Bertz CT molecular complexity index is 586. The van der Waals surface area contributed by atoms with Gasteiger partial charge in [-0.15, -0.1) is 0 Å². The lowest BCUT2D eigenvalue weighted by Crippen LogP contribution is -2.15. The molecule has 3 rings (SSSR count). The quantitative estimate of drug-likeness (QED) is 0.887. The minimum absolute atomic E-state index is 0.851. The van der Waals surface area contributed by atoms with Gasteiger partial charge in [-0.1, -0.05) is 12.1 Å². The molecule has 1 aliphatic rings. The number of fused-ring (bicyclic) bond motifs is 1. The molecule has 0 saturated carbocycles. The number of aryl methyl sites for hydroxylation is 2. The van der Waals surface area contributed by atoms with E-state index in [4.69, 9.17) is 0 Å². The Morgan fingerprint density at radius 3 is 3.11 bits per heavy atom. The van der Waals surface area contributed by atoms with Gasteiger partial charge in [0.05, 0.1) is 5.69 Å². The summed E-state index contributed by atoms with van der Waals surface area (Å²) >= 11 is 0. The number of anilines is 2. The average molecular weight is 256 g/mol. The topological polar surface area (TPSA) is 41.9 Å². The number of nitrogens with one attached hydrogen (secondary N) is 2. The lowest BCUT2D eigenvalue weighted by molar-refractivity contribution is 0.756. The Labute approximate surface area is 113 Å². The summed E-state index contributed by atoms with van der Waals surface area (Å²) < 4.78 is 1.89. The van der Waals surface area contributed by atoms with Gasteiger partial charge >= 0.3 is 0 Å². The number of rotatable bonds is 3. The molecule has 0 aliphatic carbocycles. The third kappa shape index (κ3) is 2.43. The van der Waals surface area contributed by atoms with E-state index in [2.05, 4.69) is 40.0 Å². The number of hydrogen-bond donors (Lipinski definition) is 2. The van der Waals surface area contributed by atoms with Gasteiger partial charge in [0, 0.05) is 31.9 Å². The summed E-state index contributed by atoms with van der Waals surface area (Å²) in [7, 11) is 1.97. The van der Waals surface area contributed by atoms with Crippen molar-refractivity contribution in [3.05, 3.63) is 41.1 Å². The van der Waals surface area contributed by atoms with E-state index < -0.39 is 0 Å². The Hall–Kier alpha value is -1.97. The summed E-state index contributed by atoms with van der Waals surface area (Å²) in [6, 6.07) is 8.59. The maximum atomic E-state index is 4.35. The first kappa shape index (κ1) is 12.1. The van der Waals surface area contributed by atoms with E-state index in [0.29, 0.717) is 0 Å². The second kappa shape index (κ2) is 4.96. The molecule has 19 heavy (non-hydrogen) atoms. The van der Waals surface area contributed by atoms with Crippen molar-refractivity contribution in [2.75, 3.05) is 17.2 Å². The van der Waals surface area contributed by atoms with Crippen LogP contribution in [0.3, 0.4) is 0 Å². The lowest BCUT2D eigenvalue weighted by Gasteiger charge is -2.21. The predicted molar refractivity (Wildman–Crippen MR) is 78.5 cm³/mol. The fourth-order valence-electron chi connectivity index (χ4n) is 2.71. The highest BCUT2D eigenvalue weighted by Gasteiger charge is 2.12. The van der Waals surface area contributed by atoms with Crippen molar-refractivity contribution in [2.24, 2.45) is 7.05 Å². The molecule has 0 saturated heterocycles. The van der Waals surface area contributed by atoms with Gasteiger partial charge in [0.15, 0.2) is 0 Å². The van der Waals surface area contributed by atoms with Crippen molar-refractivity contribution in [3.63, 3.8) is 0 Å². The van der Waals surface area contributed by atoms with Crippen LogP contribution in [0, 0.1) is 6.92 Å². The molecule has 1 aromatic carbocycles. The predicted octanol–water partition coefficient (Wildman–Crippen LogP) is 2.70. The van der Waals surface area contributed by atoms with Crippen molar-refractivity contribution < 1.29 is 0 Å². The smallest absolute Gasteiger partial charge is 0.124 e. The third-order valence-electron chi connectivity index (χ3n) is 3.65. The fraction of sp³-hybridized carbons (Fsp3) is 0.400. The molecule has 0 amide bonds. The van der Waals surface area contributed by atoms with Crippen LogP contribution in [0.15, 0.2) is 24.3 Å². The largest absolute Gasteiger partial charge is 0.385 e. The summed E-state index contributed by atoms with van der Waals surface area (Å²) in [6.45, 7) is 3.95. The first-order valence-electron chi connectivity index (χ1n) is 6.83. The molecule has 0 spiro atoms. The van der Waals surface area contributed by atoms with Gasteiger partial charge in [0.1, 0.15) is 5.82 Å². The van der Waals surface area contributed by atoms with Crippen molar-refractivity contribution in [2.45, 2.75) is 26.3 Å². The Balaban J connectivity index is 1.78. The van der Waals surface area contributed by atoms with Gasteiger partial charge in [-0.25, -0.2) is 0 Å². The summed E-state index contributed by atoms with van der Waals surface area (Å²) in [5.74, 6) is 1.07. The van der Waals surface area contributed by atoms with E-state index >= 15 is 0 Å². The molecule has 0 fully saturated rings. The van der Waals surface area contributed by atoms with Crippen LogP contribution in [0.5, 0.6) is 0 Å². The van der Waals surface area contributed by atoms with Crippen molar-refractivity contribution >= 4 is 11.5 Å². The van der Waals surface area contributed by atoms with E-state index in [-0.39, 0.29) is 0 Å². The summed E-state index contributed by atoms with van der Waals surface area (Å²) in [5.41, 5.74) is 5.18. The van der Waals surface area contributed by atoms with Crippen LogP contribution in [0.1, 0.15) is 23.2 Å². The Kier molecular flexibility index (Phi) is 3.15. The number of nitrogens with zero attached hydrogens (tertiary/aromatic N) is 2. The normalized spacial score (nSPS) is 13.8. The number of benzene rings is 1. The Morgan fingerprint density at radius 2 is 2.32 bits per heavy atom. The van der Waals surface area contributed by atoms with E-state index in [9.17, 15) is 0 Å². The van der Waals surface area contributed by atoms with Crippen LogP contribution < -0.4 is 10.6 Å². The van der Waals surface area contributed by atoms with E-state index in [1.807, 2.05) is 18.7 Å². The van der Waals surface area contributed by atoms with Crippen molar-refractivity contribution in [3.8, 4) is 0 Å². The van der Waals surface area contributed by atoms with Crippen LogP contribution in [0.4, 0.5) is 11.5 Å². The molecule has 2 aromatic rings. The standard InChI is InChI=1S/C15H20N4/c1-11-9-15(19(2)18-11)17-10-12-5-3-7-14-13(12)6-4-8-16-14/h3,5,7,9,16-17H,4,6,8,10H2,1-2H3. The van der Waals surface area contributed by atoms with Gasteiger partial charge in [-0.05, 0) is 37.0 Å². The molecule has 100 valence electrons. The Morgan fingerprint density at radius 1 is 1.42 bits per heavy atom. The van der Waals surface area contributed by atoms with Gasteiger partial charge in [-0.2, -0.15) is 5.10 Å². The highest BCUT2D eigenvalue weighted by Crippen LogP contribution is 2.25. The minimum atomic E-state index is 0.851. The van der Waals surface area contributed by atoms with E-state index in [0.717, 1.165) is 24.6 Å². The second-order valence-corrected chi connectivity index (χ2v) is 5.12. The van der Waals surface area contributed by atoms with Crippen molar-refractivity contribution in [1.29, 1.82) is 0 Å². The van der Waals surface area contributed by atoms with Gasteiger partial charge < -0.3 is 10.6 Å². The van der Waals surface area contributed by atoms with Gasteiger partial charge in [0.25, 0.3) is 0 Å². The molecule has 0 unspecified atom stereocenters. The zero-order valence-corrected chi connectivity index (χ0v) is 11.5. The third-order valence-corrected chi connectivity index (χ3v) is 3.65. The molecule has 0 bridgehead atoms. The van der Waals surface area contributed by atoms with Crippen LogP contribution in [0.25, 0.3) is 0 Å². The molecule has 4 heteroatoms. The fourth-order valence-corrected chi connectivity index (χ4v) is 2.71. The van der Waals surface area contributed by atoms with E-state index in [1.54, 1.807) is 0 Å². The van der Waals surface area contributed by atoms with Crippen LogP contribution in [0.2, 0.25) is 0 Å². The highest BCUT2D eigenvalue weighted by molar-refractivity contribution is 5.57. The molecule has 1 aromatic heterocycles. The summed E-state index contributed by atoms with van der Waals surface area (Å²) in [5, 5.41) is 11.3. The highest BCUT2D eigenvalue weighted by atomic mass is 15.3. The first-order chi connectivity index (χ1) is 9.24. The van der Waals surface area contributed by atoms with Crippen LogP contribution in [-0.4, -0.2) is 16.3 Å². The lowest BCUT2D eigenvalue weighted by atomic mass is 9.97. The average Bonchev–Trinajstić information content (AvgIpc) is 2.74. The SMILES string of the molecule is Cc1cc(NCc2cccc3c2CCCN3)n(C)n1. The van der Waals surface area contributed by atoms with Crippen LogP contribution >= 0.6 is 0 Å². The molecule has 4 nitrogen and oxygen atoms in total. The van der Waals surface area contributed by atoms with Gasteiger partial charge in [0.2, 0.25) is 0 Å². The molecular weight excluding hydrogens is 236 g/mol. The summed E-state index contributed by atoms with van der Waals surface area (Å²) in [4.78, 5) is 0. The molecule has 2 heterocycles. The second-order valence-electron chi connectivity index (χ2n) is 5.12. The molecular formula is C15H20N4. The zero-order valence-electron chi connectivity index (χ0n) is 11.5. The molecule has 1 aliphatic heterocycles. The molecule has 0 atom stereocenters. The maximum absolute atomic E-state index is 4.35.